The maximum Gasteiger partial charge on any atom is 0.183 e. The Kier molecular flexibility index (Phi) is 2.84. The predicted molar refractivity (Wildman–Crippen MR) is 50.9 cm³/mol. The standard InChI is InChI=1S/C5H7BrN2O2S2/c1-3(12(2,9)10)4-7-8-5(6)11-4/h3H,1-2H3. The van der Waals surface area contributed by atoms with Crippen LogP contribution in [-0.4, -0.2) is 24.9 Å². The van der Waals surface area contributed by atoms with Gasteiger partial charge in [-0.25, -0.2) is 8.42 Å². The van der Waals surface area contributed by atoms with Crippen molar-refractivity contribution in [3.05, 3.63) is 8.92 Å². The Hall–Kier alpha value is -0.0100. The molecule has 68 valence electrons. The maximum atomic E-state index is 11.1. The Labute approximate surface area is 83.1 Å². The van der Waals surface area contributed by atoms with Crippen molar-refractivity contribution in [2.45, 2.75) is 12.2 Å². The summed E-state index contributed by atoms with van der Waals surface area (Å²) in [5.41, 5.74) is 0. The number of sulfone groups is 1. The fourth-order valence-electron chi connectivity index (χ4n) is 0.563. The van der Waals surface area contributed by atoms with E-state index in [2.05, 4.69) is 26.1 Å². The first-order valence-electron chi connectivity index (χ1n) is 3.09. The number of nitrogens with zero attached hydrogens (tertiary/aromatic N) is 2. The third-order valence-electron chi connectivity index (χ3n) is 1.41. The second kappa shape index (κ2) is 3.39. The Morgan fingerprint density at radius 1 is 1.50 bits per heavy atom. The fraction of sp³-hybridized carbons (Fsp3) is 0.600. The highest BCUT2D eigenvalue weighted by molar-refractivity contribution is 9.11. The van der Waals surface area contributed by atoms with E-state index in [9.17, 15) is 8.42 Å². The van der Waals surface area contributed by atoms with Crippen molar-refractivity contribution in [2.75, 3.05) is 6.26 Å². The lowest BCUT2D eigenvalue weighted by atomic mass is 10.5. The summed E-state index contributed by atoms with van der Waals surface area (Å²) < 4.78 is 22.7. The molecule has 7 heteroatoms. The molecule has 1 rings (SSSR count). The van der Waals surface area contributed by atoms with E-state index >= 15 is 0 Å². The lowest BCUT2D eigenvalue weighted by Crippen LogP contribution is -2.07. The van der Waals surface area contributed by atoms with Crippen LogP contribution in [0.25, 0.3) is 0 Å². The van der Waals surface area contributed by atoms with Gasteiger partial charge in [0.1, 0.15) is 10.3 Å². The van der Waals surface area contributed by atoms with E-state index in [1.165, 1.54) is 17.6 Å². The Morgan fingerprint density at radius 2 is 2.08 bits per heavy atom. The molecular weight excluding hydrogens is 264 g/mol. The summed E-state index contributed by atoms with van der Waals surface area (Å²) in [6.45, 7) is 1.60. The van der Waals surface area contributed by atoms with E-state index in [0.717, 1.165) is 0 Å². The van der Waals surface area contributed by atoms with Crippen molar-refractivity contribution in [2.24, 2.45) is 0 Å². The molecule has 1 aromatic heterocycles. The number of hydrogen-bond donors (Lipinski definition) is 0. The van der Waals surface area contributed by atoms with Crippen molar-refractivity contribution in [3.63, 3.8) is 0 Å². The molecule has 0 N–H and O–H groups in total. The minimum atomic E-state index is -3.06. The van der Waals surface area contributed by atoms with Crippen LogP contribution in [0.1, 0.15) is 17.2 Å². The lowest BCUT2D eigenvalue weighted by Gasteiger charge is -2.02. The van der Waals surface area contributed by atoms with Gasteiger partial charge in [-0.05, 0) is 22.9 Å². The molecule has 0 aliphatic heterocycles. The lowest BCUT2D eigenvalue weighted by molar-refractivity contribution is 0.591. The first-order chi connectivity index (χ1) is 5.41. The molecule has 0 amide bonds. The van der Waals surface area contributed by atoms with Crippen LogP contribution in [0.2, 0.25) is 0 Å². The quantitative estimate of drug-likeness (QED) is 0.816. The molecule has 0 radical (unpaired) electrons. The summed E-state index contributed by atoms with van der Waals surface area (Å²) in [4.78, 5) is 0. The van der Waals surface area contributed by atoms with Gasteiger partial charge < -0.3 is 0 Å². The van der Waals surface area contributed by atoms with Gasteiger partial charge in [0, 0.05) is 6.26 Å². The summed E-state index contributed by atoms with van der Waals surface area (Å²) in [5.74, 6) is 0. The van der Waals surface area contributed by atoms with Gasteiger partial charge >= 0.3 is 0 Å². The normalized spacial score (nSPS) is 14.6. The van der Waals surface area contributed by atoms with Crippen LogP contribution in [0.15, 0.2) is 3.92 Å². The summed E-state index contributed by atoms with van der Waals surface area (Å²) in [6.07, 6.45) is 1.19. The maximum absolute atomic E-state index is 11.1. The van der Waals surface area contributed by atoms with E-state index < -0.39 is 15.1 Å². The van der Waals surface area contributed by atoms with Crippen LogP contribution in [0, 0.1) is 0 Å². The molecule has 0 saturated carbocycles. The smallest absolute Gasteiger partial charge is 0.183 e. The van der Waals surface area contributed by atoms with Crippen molar-refractivity contribution < 1.29 is 8.42 Å². The third kappa shape index (κ3) is 2.24. The van der Waals surface area contributed by atoms with E-state index in [0.29, 0.717) is 8.92 Å². The topological polar surface area (TPSA) is 59.9 Å². The van der Waals surface area contributed by atoms with Crippen LogP contribution in [-0.2, 0) is 9.84 Å². The first-order valence-corrected chi connectivity index (χ1v) is 6.65. The van der Waals surface area contributed by atoms with Crippen LogP contribution < -0.4 is 0 Å². The first kappa shape index (κ1) is 10.1. The SMILES string of the molecule is CC(c1nnc(Br)s1)S(C)(=O)=O. The molecule has 4 nitrogen and oxygen atoms in total. The molecule has 1 aromatic rings. The van der Waals surface area contributed by atoms with E-state index in [-0.39, 0.29) is 0 Å². The summed E-state index contributed by atoms with van der Waals surface area (Å²) in [5, 5.41) is 7.35. The second-order valence-corrected chi connectivity index (χ2v) is 7.02. The molecular formula is C5H7BrN2O2S2. The van der Waals surface area contributed by atoms with Gasteiger partial charge in [0.25, 0.3) is 0 Å². The minimum absolute atomic E-state index is 0.518. The molecule has 0 bridgehead atoms. The second-order valence-electron chi connectivity index (χ2n) is 2.37. The molecule has 0 aliphatic carbocycles. The van der Waals surface area contributed by atoms with Gasteiger partial charge in [0.2, 0.25) is 0 Å². The average Bonchev–Trinajstić information content (AvgIpc) is 2.32. The van der Waals surface area contributed by atoms with Crippen LogP contribution in [0.3, 0.4) is 0 Å². The van der Waals surface area contributed by atoms with E-state index in [4.69, 9.17) is 0 Å². The molecule has 0 spiro atoms. The molecule has 0 saturated heterocycles. The predicted octanol–water partition coefficient (Wildman–Crippen LogP) is 1.41. The number of rotatable bonds is 2. The van der Waals surface area contributed by atoms with Gasteiger partial charge in [0.15, 0.2) is 13.8 Å². The number of hydrogen-bond acceptors (Lipinski definition) is 5. The molecule has 12 heavy (non-hydrogen) atoms. The van der Waals surface area contributed by atoms with Gasteiger partial charge in [-0.2, -0.15) is 0 Å². The van der Waals surface area contributed by atoms with Gasteiger partial charge in [0.05, 0.1) is 0 Å². The highest BCUT2D eigenvalue weighted by Crippen LogP contribution is 2.26. The molecule has 1 atom stereocenters. The van der Waals surface area contributed by atoms with Crippen LogP contribution in [0.5, 0.6) is 0 Å². The zero-order valence-corrected chi connectivity index (χ0v) is 9.70. The van der Waals surface area contributed by atoms with Crippen molar-refractivity contribution in [3.8, 4) is 0 Å². The summed E-state index contributed by atoms with van der Waals surface area (Å²) in [7, 11) is -3.06. The van der Waals surface area contributed by atoms with Crippen molar-refractivity contribution >= 4 is 37.1 Å². The van der Waals surface area contributed by atoms with E-state index in [1.807, 2.05) is 0 Å². The molecule has 0 aromatic carbocycles. The number of aromatic nitrogens is 2. The highest BCUT2D eigenvalue weighted by atomic mass is 79.9. The third-order valence-corrected chi connectivity index (χ3v) is 4.60. The summed E-state index contributed by atoms with van der Waals surface area (Å²) in [6, 6.07) is 0. The van der Waals surface area contributed by atoms with Gasteiger partial charge in [-0.1, -0.05) is 11.3 Å². The van der Waals surface area contributed by atoms with Crippen LogP contribution in [0.4, 0.5) is 0 Å². The number of halogens is 1. The van der Waals surface area contributed by atoms with Gasteiger partial charge in [-0.15, -0.1) is 10.2 Å². The monoisotopic (exact) mass is 270 g/mol. The Bertz CT molecular complexity index is 373. The van der Waals surface area contributed by atoms with Crippen molar-refractivity contribution in [1.29, 1.82) is 0 Å². The molecule has 1 heterocycles. The molecule has 0 aliphatic rings. The Balaban J connectivity index is 3.01. The largest absolute Gasteiger partial charge is 0.228 e. The Morgan fingerprint density at radius 3 is 2.42 bits per heavy atom. The molecule has 1 unspecified atom stereocenters. The van der Waals surface area contributed by atoms with Crippen molar-refractivity contribution in [1.82, 2.24) is 10.2 Å². The zero-order chi connectivity index (χ0) is 9.35. The highest BCUT2D eigenvalue weighted by Gasteiger charge is 2.20. The van der Waals surface area contributed by atoms with Gasteiger partial charge in [-0.3, -0.25) is 0 Å². The minimum Gasteiger partial charge on any atom is -0.228 e. The zero-order valence-electron chi connectivity index (χ0n) is 6.48. The van der Waals surface area contributed by atoms with E-state index in [1.54, 1.807) is 6.92 Å². The van der Waals surface area contributed by atoms with Crippen LogP contribution >= 0.6 is 27.3 Å². The fourth-order valence-corrected chi connectivity index (χ4v) is 2.72. The molecule has 0 fully saturated rings. The summed E-state index contributed by atoms with van der Waals surface area (Å²) >= 11 is 4.36. The average molecular weight is 271 g/mol.